The number of hydrogen-bond acceptors (Lipinski definition) is 4. The first-order chi connectivity index (χ1) is 11.2. The van der Waals surface area contributed by atoms with Crippen molar-refractivity contribution in [1.82, 2.24) is 9.97 Å². The van der Waals surface area contributed by atoms with Crippen LogP contribution in [0.25, 0.3) is 11.0 Å². The van der Waals surface area contributed by atoms with Gasteiger partial charge >= 0.3 is 0 Å². The summed E-state index contributed by atoms with van der Waals surface area (Å²) in [6, 6.07) is 1.65. The number of halogens is 4. The molecule has 1 aliphatic heterocycles. The van der Waals surface area contributed by atoms with Gasteiger partial charge in [0.25, 0.3) is 11.8 Å². The molecule has 5 nitrogen and oxygen atoms in total. The van der Waals surface area contributed by atoms with E-state index in [1.54, 1.807) is 0 Å². The fourth-order valence-corrected chi connectivity index (χ4v) is 2.71. The average molecular weight is 342 g/mol. The second-order valence-electron chi connectivity index (χ2n) is 5.87. The van der Waals surface area contributed by atoms with Gasteiger partial charge in [-0.05, 0) is 0 Å². The van der Waals surface area contributed by atoms with E-state index in [1.165, 1.54) is 11.8 Å². The van der Waals surface area contributed by atoms with E-state index in [4.69, 9.17) is 5.73 Å². The zero-order valence-electron chi connectivity index (χ0n) is 12.7. The van der Waals surface area contributed by atoms with E-state index in [-0.39, 0.29) is 35.6 Å². The summed E-state index contributed by atoms with van der Waals surface area (Å²) >= 11 is 0. The fraction of sp³-hybridized carbons (Fsp3) is 0.400. The highest BCUT2D eigenvalue weighted by molar-refractivity contribution is 5.98. The van der Waals surface area contributed by atoms with Crippen molar-refractivity contribution in [2.45, 2.75) is 19.3 Å². The third-order valence-electron chi connectivity index (χ3n) is 4.15. The number of aromatic nitrogens is 2. The molecule has 2 N–H and O–H groups in total. The number of benzene rings is 1. The number of primary amides is 1. The molecule has 0 bridgehead atoms. The summed E-state index contributed by atoms with van der Waals surface area (Å²) in [5.74, 6) is -6.95. The van der Waals surface area contributed by atoms with Crippen LogP contribution in [0, 0.1) is 17.6 Å². The molecule has 0 spiro atoms. The van der Waals surface area contributed by atoms with Gasteiger partial charge in [0.2, 0.25) is 0 Å². The van der Waals surface area contributed by atoms with Gasteiger partial charge < -0.3 is 10.6 Å². The molecular formula is C15H14F4N4O. The maximum absolute atomic E-state index is 13.7. The van der Waals surface area contributed by atoms with Gasteiger partial charge in [-0.1, -0.05) is 6.92 Å². The lowest BCUT2D eigenvalue weighted by Crippen LogP contribution is -2.47. The molecule has 9 heteroatoms. The molecule has 0 aliphatic carbocycles. The smallest absolute Gasteiger partial charge is 0.271 e. The van der Waals surface area contributed by atoms with Crippen molar-refractivity contribution in [2.75, 3.05) is 18.0 Å². The van der Waals surface area contributed by atoms with Crippen LogP contribution in [0.5, 0.6) is 0 Å². The summed E-state index contributed by atoms with van der Waals surface area (Å²) in [5, 5.41) is 0. The molecule has 0 saturated carbocycles. The molecule has 1 atom stereocenters. The number of fused-ring (bicyclic) bond motifs is 1. The van der Waals surface area contributed by atoms with Gasteiger partial charge in [0.05, 0.1) is 11.0 Å². The number of piperidine rings is 1. The topological polar surface area (TPSA) is 72.1 Å². The Hall–Kier alpha value is -2.45. The van der Waals surface area contributed by atoms with Crippen molar-refractivity contribution < 1.29 is 22.4 Å². The third-order valence-corrected chi connectivity index (χ3v) is 4.15. The van der Waals surface area contributed by atoms with Gasteiger partial charge in [0.1, 0.15) is 0 Å². The van der Waals surface area contributed by atoms with Crippen LogP contribution in [0.4, 0.5) is 23.4 Å². The van der Waals surface area contributed by atoms with Gasteiger partial charge in [0.15, 0.2) is 23.1 Å². The van der Waals surface area contributed by atoms with E-state index < -0.39 is 35.8 Å². The summed E-state index contributed by atoms with van der Waals surface area (Å²) in [6.07, 6.45) is -0.413. The van der Waals surface area contributed by atoms with E-state index in [0.29, 0.717) is 0 Å². The zero-order valence-corrected chi connectivity index (χ0v) is 12.7. The number of hydrogen-bond donors (Lipinski definition) is 1. The zero-order chi connectivity index (χ0) is 17.6. The Morgan fingerprint density at radius 3 is 2.38 bits per heavy atom. The lowest BCUT2D eigenvalue weighted by molar-refractivity contribution is -0.0652. The number of nitrogens with zero attached hydrogens (tertiary/aromatic N) is 3. The Kier molecular flexibility index (Phi) is 3.81. The number of nitrogens with two attached hydrogens (primary N) is 1. The minimum Gasteiger partial charge on any atom is -0.364 e. The molecule has 24 heavy (non-hydrogen) atoms. The van der Waals surface area contributed by atoms with Crippen molar-refractivity contribution in [3.63, 3.8) is 0 Å². The molecular weight excluding hydrogens is 328 g/mol. The number of anilines is 1. The largest absolute Gasteiger partial charge is 0.364 e. The minimum absolute atomic E-state index is 0.00311. The van der Waals surface area contributed by atoms with Crippen LogP contribution in [0.15, 0.2) is 12.1 Å². The Bertz CT molecular complexity index is 827. The number of amides is 1. The average Bonchev–Trinajstić information content (AvgIpc) is 2.50. The van der Waals surface area contributed by atoms with Crippen molar-refractivity contribution in [3.8, 4) is 0 Å². The molecule has 1 fully saturated rings. The lowest BCUT2D eigenvalue weighted by atomic mass is 9.95. The number of carbonyl (C=O) groups excluding carboxylic acids is 1. The van der Waals surface area contributed by atoms with Gasteiger partial charge in [-0.3, -0.25) is 4.79 Å². The van der Waals surface area contributed by atoms with Crippen LogP contribution >= 0.6 is 0 Å². The summed E-state index contributed by atoms with van der Waals surface area (Å²) in [6.45, 7) is 1.28. The van der Waals surface area contributed by atoms with Crippen molar-refractivity contribution in [3.05, 3.63) is 29.5 Å². The highest BCUT2D eigenvalue weighted by Gasteiger charge is 2.42. The van der Waals surface area contributed by atoms with Gasteiger partial charge in [0, 0.05) is 37.6 Å². The maximum atomic E-state index is 13.7. The first-order valence-corrected chi connectivity index (χ1v) is 7.28. The van der Waals surface area contributed by atoms with Crippen LogP contribution < -0.4 is 10.6 Å². The molecule has 2 aromatic rings. The molecule has 0 radical (unpaired) electrons. The van der Waals surface area contributed by atoms with Crippen molar-refractivity contribution in [1.29, 1.82) is 0 Å². The normalized spacial score (nSPS) is 20.4. The molecule has 2 heterocycles. The number of rotatable bonds is 2. The molecule has 3 rings (SSSR count). The van der Waals surface area contributed by atoms with Gasteiger partial charge in [-0.2, -0.15) is 0 Å². The van der Waals surface area contributed by atoms with Crippen molar-refractivity contribution >= 4 is 22.8 Å². The SMILES string of the molecule is CC1CN(c2nc3cc(F)c(F)cc3nc2C(N)=O)CCC1(F)F. The predicted molar refractivity (Wildman–Crippen MR) is 78.9 cm³/mol. The minimum atomic E-state index is -2.82. The summed E-state index contributed by atoms with van der Waals surface area (Å²) in [5.41, 5.74) is 5.00. The Labute approximate surface area is 134 Å². The van der Waals surface area contributed by atoms with E-state index in [9.17, 15) is 22.4 Å². The monoisotopic (exact) mass is 342 g/mol. The quantitative estimate of drug-likeness (QED) is 0.851. The van der Waals surface area contributed by atoms with Crippen LogP contribution in [0.3, 0.4) is 0 Å². The third kappa shape index (κ3) is 2.74. The Morgan fingerprint density at radius 1 is 1.25 bits per heavy atom. The summed E-state index contributed by atoms with van der Waals surface area (Å²) < 4.78 is 54.0. The first kappa shape index (κ1) is 16.4. The van der Waals surface area contributed by atoms with Crippen LogP contribution in [-0.4, -0.2) is 34.9 Å². The molecule has 1 amide bonds. The lowest BCUT2D eigenvalue weighted by Gasteiger charge is -2.37. The maximum Gasteiger partial charge on any atom is 0.271 e. The van der Waals surface area contributed by atoms with Gasteiger partial charge in [-0.25, -0.2) is 27.5 Å². The van der Waals surface area contributed by atoms with Crippen LogP contribution in [0.1, 0.15) is 23.8 Å². The van der Waals surface area contributed by atoms with E-state index in [1.807, 2.05) is 0 Å². The second kappa shape index (κ2) is 5.57. The first-order valence-electron chi connectivity index (χ1n) is 7.28. The second-order valence-corrected chi connectivity index (χ2v) is 5.87. The van der Waals surface area contributed by atoms with Crippen LogP contribution in [0.2, 0.25) is 0 Å². The Balaban J connectivity index is 2.11. The molecule has 1 aromatic heterocycles. The highest BCUT2D eigenvalue weighted by atomic mass is 19.3. The predicted octanol–water partition coefficient (Wildman–Crippen LogP) is 2.49. The Morgan fingerprint density at radius 2 is 1.83 bits per heavy atom. The molecule has 128 valence electrons. The van der Waals surface area contributed by atoms with Crippen LogP contribution in [-0.2, 0) is 0 Å². The van der Waals surface area contributed by atoms with E-state index >= 15 is 0 Å². The molecule has 1 aliphatic rings. The van der Waals surface area contributed by atoms with E-state index in [0.717, 1.165) is 12.1 Å². The number of carbonyl (C=O) groups is 1. The molecule has 1 unspecified atom stereocenters. The standard InChI is InChI=1S/C15H14F4N4O/c1-7-6-23(3-2-15(7,18)19)14-12(13(20)24)21-10-4-8(16)9(17)5-11(10)22-14/h4-5,7H,2-3,6H2,1H3,(H2,20,24). The van der Waals surface area contributed by atoms with Crippen molar-refractivity contribution in [2.24, 2.45) is 11.7 Å². The molecule has 1 aromatic carbocycles. The summed E-state index contributed by atoms with van der Waals surface area (Å²) in [7, 11) is 0. The number of alkyl halides is 2. The fourth-order valence-electron chi connectivity index (χ4n) is 2.71. The molecule has 1 saturated heterocycles. The summed E-state index contributed by atoms with van der Waals surface area (Å²) in [4.78, 5) is 21.2. The highest BCUT2D eigenvalue weighted by Crippen LogP contribution is 2.35. The van der Waals surface area contributed by atoms with E-state index in [2.05, 4.69) is 9.97 Å². The van der Waals surface area contributed by atoms with Gasteiger partial charge in [-0.15, -0.1) is 0 Å².